The van der Waals surface area contributed by atoms with E-state index in [1.54, 1.807) is 30.3 Å². The lowest BCUT2D eigenvalue weighted by atomic mass is 10.1. The number of anilines is 2. The first-order chi connectivity index (χ1) is 16.5. The van der Waals surface area contributed by atoms with Crippen LogP contribution in [0.2, 0.25) is 0 Å². The topological polar surface area (TPSA) is 99.8 Å². The van der Waals surface area contributed by atoms with E-state index in [9.17, 15) is 13.2 Å². The van der Waals surface area contributed by atoms with E-state index in [4.69, 9.17) is 4.74 Å². The van der Waals surface area contributed by atoms with Crippen LogP contribution in [0, 0.1) is 0 Å². The Kier molecular flexibility index (Phi) is 7.34. The molecule has 1 saturated heterocycles. The van der Waals surface area contributed by atoms with E-state index in [0.29, 0.717) is 23.5 Å². The molecular weight excluding hydrogens is 452 g/mol. The van der Waals surface area contributed by atoms with Crippen LogP contribution < -0.4 is 25.0 Å². The Morgan fingerprint density at radius 3 is 2.50 bits per heavy atom. The second-order valence-corrected chi connectivity index (χ2v) is 9.60. The largest absolute Gasteiger partial charge is 0.497 e. The van der Waals surface area contributed by atoms with Crippen LogP contribution in [0.4, 0.5) is 11.4 Å². The Morgan fingerprint density at radius 2 is 1.76 bits per heavy atom. The van der Waals surface area contributed by atoms with Crippen molar-refractivity contribution in [2.24, 2.45) is 0 Å². The predicted molar refractivity (Wildman–Crippen MR) is 133 cm³/mol. The number of piperazine rings is 1. The molecule has 1 heterocycles. The summed E-state index contributed by atoms with van der Waals surface area (Å²) in [6.45, 7) is 3.52. The Bertz CT molecular complexity index is 1240. The Balaban J connectivity index is 1.61. The summed E-state index contributed by atoms with van der Waals surface area (Å²) in [6.07, 6.45) is 0. The summed E-state index contributed by atoms with van der Waals surface area (Å²) < 4.78 is 33.7. The molecule has 1 fully saturated rings. The van der Waals surface area contributed by atoms with Gasteiger partial charge in [-0.25, -0.2) is 8.42 Å². The first kappa shape index (κ1) is 23.6. The molecule has 1 aliphatic rings. The molecule has 0 radical (unpaired) electrons. The lowest BCUT2D eigenvalue weighted by Crippen LogP contribution is -2.44. The number of benzene rings is 3. The molecule has 4 rings (SSSR count). The normalized spacial score (nSPS) is 13.9. The second kappa shape index (κ2) is 10.6. The number of rotatable bonds is 8. The van der Waals surface area contributed by atoms with E-state index in [2.05, 4.69) is 20.3 Å². The van der Waals surface area contributed by atoms with Gasteiger partial charge in [0.05, 0.1) is 17.6 Å². The maximum absolute atomic E-state index is 13.2. The third-order valence-electron chi connectivity index (χ3n) is 5.60. The van der Waals surface area contributed by atoms with Crippen LogP contribution in [0.25, 0.3) is 0 Å². The van der Waals surface area contributed by atoms with Crippen molar-refractivity contribution in [3.63, 3.8) is 0 Å². The Hall–Kier alpha value is -3.56. The number of amides is 1. The fourth-order valence-corrected chi connectivity index (χ4v) is 4.90. The molecule has 178 valence electrons. The van der Waals surface area contributed by atoms with E-state index in [1.807, 2.05) is 30.3 Å². The maximum Gasteiger partial charge on any atom is 0.262 e. The molecule has 0 spiro atoms. The number of nitrogens with zero attached hydrogens (tertiary/aromatic N) is 1. The first-order valence-corrected chi connectivity index (χ1v) is 12.5. The van der Waals surface area contributed by atoms with Crippen LogP contribution in [-0.4, -0.2) is 47.6 Å². The molecule has 3 N–H and O–H groups in total. The van der Waals surface area contributed by atoms with Crippen LogP contribution in [0.5, 0.6) is 5.75 Å². The van der Waals surface area contributed by atoms with Gasteiger partial charge in [-0.1, -0.05) is 36.4 Å². The minimum Gasteiger partial charge on any atom is -0.497 e. The lowest BCUT2D eigenvalue weighted by Gasteiger charge is -2.31. The summed E-state index contributed by atoms with van der Waals surface area (Å²) in [7, 11) is -2.39. The summed E-state index contributed by atoms with van der Waals surface area (Å²) in [6, 6.07) is 20.9. The van der Waals surface area contributed by atoms with E-state index in [1.165, 1.54) is 19.2 Å². The molecule has 3 aromatic rings. The number of sulfonamides is 1. The number of carbonyl (C=O) groups excluding carboxylic acids is 1. The smallest absolute Gasteiger partial charge is 0.262 e. The van der Waals surface area contributed by atoms with Gasteiger partial charge in [-0.05, 0) is 35.9 Å². The van der Waals surface area contributed by atoms with Crippen molar-refractivity contribution >= 4 is 27.3 Å². The third kappa shape index (κ3) is 5.67. The van der Waals surface area contributed by atoms with Crippen molar-refractivity contribution < 1.29 is 17.9 Å². The molecule has 0 aliphatic carbocycles. The number of carbonyl (C=O) groups is 1. The number of hydrogen-bond donors (Lipinski definition) is 3. The van der Waals surface area contributed by atoms with Crippen LogP contribution >= 0.6 is 0 Å². The highest BCUT2D eigenvalue weighted by molar-refractivity contribution is 7.92. The van der Waals surface area contributed by atoms with Gasteiger partial charge >= 0.3 is 0 Å². The fraction of sp³-hybridized carbons (Fsp3) is 0.240. The first-order valence-electron chi connectivity index (χ1n) is 11.0. The SMILES string of the molecule is COc1cccc(S(=O)(=O)Nc2ccc(N3CCNCC3)c(C(=O)NCc3ccccc3)c2)c1. The van der Waals surface area contributed by atoms with Gasteiger partial charge in [-0.15, -0.1) is 0 Å². The zero-order valence-electron chi connectivity index (χ0n) is 19.0. The van der Waals surface area contributed by atoms with Crippen LogP contribution in [-0.2, 0) is 16.6 Å². The fourth-order valence-electron chi connectivity index (χ4n) is 3.82. The zero-order chi connectivity index (χ0) is 24.0. The number of hydrogen-bond acceptors (Lipinski definition) is 6. The van der Waals surface area contributed by atoms with Gasteiger partial charge in [-0.3, -0.25) is 9.52 Å². The molecule has 3 aromatic carbocycles. The molecular formula is C25H28N4O4S. The molecule has 1 amide bonds. The van der Waals surface area contributed by atoms with Crippen LogP contribution in [0.3, 0.4) is 0 Å². The molecule has 9 heteroatoms. The molecule has 1 aliphatic heterocycles. The van der Waals surface area contributed by atoms with Gasteiger partial charge in [0.2, 0.25) is 0 Å². The molecule has 0 unspecified atom stereocenters. The van der Waals surface area contributed by atoms with E-state index < -0.39 is 10.0 Å². The monoisotopic (exact) mass is 480 g/mol. The average Bonchev–Trinajstić information content (AvgIpc) is 2.88. The van der Waals surface area contributed by atoms with Gasteiger partial charge in [0.15, 0.2) is 0 Å². The maximum atomic E-state index is 13.2. The average molecular weight is 481 g/mol. The summed E-state index contributed by atoms with van der Waals surface area (Å²) >= 11 is 0. The number of nitrogens with one attached hydrogen (secondary N) is 3. The summed E-state index contributed by atoms with van der Waals surface area (Å²) in [4.78, 5) is 15.4. The minimum absolute atomic E-state index is 0.0770. The molecule has 34 heavy (non-hydrogen) atoms. The van der Waals surface area contributed by atoms with E-state index >= 15 is 0 Å². The molecule has 0 saturated carbocycles. The highest BCUT2D eigenvalue weighted by Crippen LogP contribution is 2.27. The minimum atomic E-state index is -3.87. The van der Waals surface area contributed by atoms with Gasteiger partial charge in [0.25, 0.3) is 15.9 Å². The van der Waals surface area contributed by atoms with Crippen molar-refractivity contribution in [2.75, 3.05) is 42.9 Å². The van der Waals surface area contributed by atoms with Gasteiger partial charge < -0.3 is 20.3 Å². The van der Waals surface area contributed by atoms with Crippen molar-refractivity contribution in [1.82, 2.24) is 10.6 Å². The molecule has 0 bridgehead atoms. The lowest BCUT2D eigenvalue weighted by molar-refractivity contribution is 0.0951. The van der Waals surface area contributed by atoms with Crippen molar-refractivity contribution in [2.45, 2.75) is 11.4 Å². The third-order valence-corrected chi connectivity index (χ3v) is 6.98. The zero-order valence-corrected chi connectivity index (χ0v) is 19.8. The van der Waals surface area contributed by atoms with Crippen LogP contribution in [0.1, 0.15) is 15.9 Å². The highest BCUT2D eigenvalue weighted by Gasteiger charge is 2.21. The van der Waals surface area contributed by atoms with E-state index in [0.717, 1.165) is 37.4 Å². The van der Waals surface area contributed by atoms with Crippen molar-refractivity contribution in [3.05, 3.63) is 83.9 Å². The van der Waals surface area contributed by atoms with Crippen molar-refractivity contribution in [3.8, 4) is 5.75 Å². The van der Waals surface area contributed by atoms with E-state index in [-0.39, 0.29) is 10.8 Å². The van der Waals surface area contributed by atoms with Crippen LogP contribution in [0.15, 0.2) is 77.7 Å². The molecule has 0 aromatic heterocycles. The summed E-state index contributed by atoms with van der Waals surface area (Å²) in [5, 5.41) is 6.26. The standard InChI is InChI=1S/C25H28N4O4S/c1-33-21-8-5-9-22(17-21)34(31,32)28-20-10-11-24(29-14-12-26-13-15-29)23(16-20)25(30)27-18-19-6-3-2-4-7-19/h2-11,16-17,26,28H,12-15,18H2,1H3,(H,27,30). The highest BCUT2D eigenvalue weighted by atomic mass is 32.2. The van der Waals surface area contributed by atoms with Gasteiger partial charge in [0.1, 0.15) is 5.75 Å². The molecule has 0 atom stereocenters. The number of methoxy groups -OCH3 is 1. The Labute approximate surface area is 200 Å². The second-order valence-electron chi connectivity index (χ2n) is 7.92. The predicted octanol–water partition coefficient (Wildman–Crippen LogP) is 2.84. The quantitative estimate of drug-likeness (QED) is 0.459. The molecule has 8 nitrogen and oxygen atoms in total. The Morgan fingerprint density at radius 1 is 1.00 bits per heavy atom. The summed E-state index contributed by atoms with van der Waals surface area (Å²) in [5.41, 5.74) is 2.49. The number of ether oxygens (including phenoxy) is 1. The van der Waals surface area contributed by atoms with Gasteiger partial charge in [-0.2, -0.15) is 0 Å². The summed E-state index contributed by atoms with van der Waals surface area (Å²) in [5.74, 6) is 0.178. The van der Waals surface area contributed by atoms with Gasteiger partial charge in [0, 0.05) is 50.2 Å². The van der Waals surface area contributed by atoms with Crippen molar-refractivity contribution in [1.29, 1.82) is 0 Å².